The molecule has 1 rings (SSSR count). The zero-order valence-electron chi connectivity index (χ0n) is 12.5. The lowest BCUT2D eigenvalue weighted by molar-refractivity contribution is -0.187. The SMILES string of the molecule is CCNCC(CC)N1CC(C)(C)OC(C)(C)C1. The van der Waals surface area contributed by atoms with Gasteiger partial charge in [0.1, 0.15) is 0 Å². The van der Waals surface area contributed by atoms with Gasteiger partial charge in [0.05, 0.1) is 11.2 Å². The van der Waals surface area contributed by atoms with Crippen molar-refractivity contribution in [2.24, 2.45) is 0 Å². The van der Waals surface area contributed by atoms with Gasteiger partial charge in [-0.15, -0.1) is 0 Å². The summed E-state index contributed by atoms with van der Waals surface area (Å²) in [6, 6.07) is 0.623. The van der Waals surface area contributed by atoms with Crippen molar-refractivity contribution in [3.05, 3.63) is 0 Å². The largest absolute Gasteiger partial charge is 0.367 e. The van der Waals surface area contributed by atoms with Crippen LogP contribution < -0.4 is 5.32 Å². The first-order valence-corrected chi connectivity index (χ1v) is 6.94. The summed E-state index contributed by atoms with van der Waals surface area (Å²) in [5, 5.41) is 3.47. The third-order valence-electron chi connectivity index (χ3n) is 3.34. The van der Waals surface area contributed by atoms with Crippen molar-refractivity contribution < 1.29 is 4.74 Å². The van der Waals surface area contributed by atoms with Gasteiger partial charge in [-0.3, -0.25) is 4.90 Å². The van der Waals surface area contributed by atoms with Crippen LogP contribution in [0.2, 0.25) is 0 Å². The second-order valence-corrected chi connectivity index (χ2v) is 6.40. The number of nitrogens with one attached hydrogen (secondary N) is 1. The lowest BCUT2D eigenvalue weighted by Crippen LogP contribution is -2.60. The fraction of sp³-hybridized carbons (Fsp3) is 1.00. The van der Waals surface area contributed by atoms with E-state index < -0.39 is 0 Å². The average Bonchev–Trinajstić information content (AvgIpc) is 2.14. The Balaban J connectivity index is 2.67. The van der Waals surface area contributed by atoms with E-state index >= 15 is 0 Å². The summed E-state index contributed by atoms with van der Waals surface area (Å²) in [5.74, 6) is 0. The molecule has 0 aromatic carbocycles. The lowest BCUT2D eigenvalue weighted by Gasteiger charge is -2.49. The van der Waals surface area contributed by atoms with Crippen molar-refractivity contribution in [2.45, 2.75) is 65.2 Å². The van der Waals surface area contributed by atoms with Gasteiger partial charge in [0.2, 0.25) is 0 Å². The molecule has 0 aromatic heterocycles. The molecule has 102 valence electrons. The first-order valence-electron chi connectivity index (χ1n) is 6.94. The van der Waals surface area contributed by atoms with Gasteiger partial charge in [-0.2, -0.15) is 0 Å². The van der Waals surface area contributed by atoms with Crippen LogP contribution in [0.3, 0.4) is 0 Å². The van der Waals surface area contributed by atoms with Crippen molar-refractivity contribution >= 4 is 0 Å². The van der Waals surface area contributed by atoms with Crippen LogP contribution in [-0.4, -0.2) is 48.3 Å². The highest BCUT2D eigenvalue weighted by atomic mass is 16.5. The topological polar surface area (TPSA) is 24.5 Å². The van der Waals surface area contributed by atoms with Crippen molar-refractivity contribution in [1.82, 2.24) is 10.2 Å². The van der Waals surface area contributed by atoms with Gasteiger partial charge in [0.25, 0.3) is 0 Å². The van der Waals surface area contributed by atoms with Crippen LogP contribution in [0.4, 0.5) is 0 Å². The average molecular weight is 242 g/mol. The fourth-order valence-corrected chi connectivity index (χ4v) is 2.95. The van der Waals surface area contributed by atoms with Gasteiger partial charge in [0, 0.05) is 25.7 Å². The minimum Gasteiger partial charge on any atom is -0.367 e. The van der Waals surface area contributed by atoms with Gasteiger partial charge in [-0.1, -0.05) is 13.8 Å². The van der Waals surface area contributed by atoms with Gasteiger partial charge in [-0.05, 0) is 40.7 Å². The van der Waals surface area contributed by atoms with Crippen LogP contribution in [0.5, 0.6) is 0 Å². The molecular weight excluding hydrogens is 212 g/mol. The molecule has 1 saturated heterocycles. The number of nitrogens with zero attached hydrogens (tertiary/aromatic N) is 1. The van der Waals surface area contributed by atoms with Crippen LogP contribution in [0, 0.1) is 0 Å². The molecule has 1 aliphatic heterocycles. The molecule has 0 aliphatic carbocycles. The predicted molar refractivity (Wildman–Crippen MR) is 73.4 cm³/mol. The van der Waals surface area contributed by atoms with Gasteiger partial charge >= 0.3 is 0 Å². The van der Waals surface area contributed by atoms with Crippen LogP contribution in [0.1, 0.15) is 48.0 Å². The lowest BCUT2D eigenvalue weighted by atomic mass is 9.96. The highest BCUT2D eigenvalue weighted by Crippen LogP contribution is 2.29. The quantitative estimate of drug-likeness (QED) is 0.800. The predicted octanol–water partition coefficient (Wildman–Crippen LogP) is 2.26. The van der Waals surface area contributed by atoms with Crippen LogP contribution >= 0.6 is 0 Å². The third-order valence-corrected chi connectivity index (χ3v) is 3.34. The summed E-state index contributed by atoms with van der Waals surface area (Å²) in [6.07, 6.45) is 1.19. The van der Waals surface area contributed by atoms with Crippen LogP contribution in [0.25, 0.3) is 0 Å². The number of morpholine rings is 1. The Morgan fingerprint density at radius 1 is 1.12 bits per heavy atom. The smallest absolute Gasteiger partial charge is 0.0760 e. The molecule has 0 amide bonds. The van der Waals surface area contributed by atoms with E-state index in [1.807, 2.05) is 0 Å². The van der Waals surface area contributed by atoms with E-state index in [0.29, 0.717) is 6.04 Å². The summed E-state index contributed by atoms with van der Waals surface area (Å²) in [6.45, 7) is 17.4. The Hall–Kier alpha value is -0.120. The molecule has 1 heterocycles. The molecule has 3 nitrogen and oxygen atoms in total. The monoisotopic (exact) mass is 242 g/mol. The summed E-state index contributed by atoms with van der Waals surface area (Å²) in [7, 11) is 0. The van der Waals surface area contributed by atoms with Crippen molar-refractivity contribution in [3.8, 4) is 0 Å². The van der Waals surface area contributed by atoms with E-state index in [1.54, 1.807) is 0 Å². The van der Waals surface area contributed by atoms with E-state index in [4.69, 9.17) is 4.74 Å². The molecule has 0 radical (unpaired) electrons. The number of rotatable bonds is 5. The van der Waals surface area contributed by atoms with E-state index in [1.165, 1.54) is 6.42 Å². The molecular formula is C14H30N2O. The molecule has 3 heteroatoms. The van der Waals surface area contributed by atoms with Gasteiger partial charge in [-0.25, -0.2) is 0 Å². The Morgan fingerprint density at radius 3 is 2.06 bits per heavy atom. The van der Waals surface area contributed by atoms with Gasteiger partial charge < -0.3 is 10.1 Å². The first-order chi connectivity index (χ1) is 7.79. The maximum absolute atomic E-state index is 6.13. The highest BCUT2D eigenvalue weighted by molar-refractivity contribution is 4.92. The van der Waals surface area contributed by atoms with E-state index in [9.17, 15) is 0 Å². The molecule has 1 aliphatic rings. The molecule has 0 saturated carbocycles. The summed E-state index contributed by atoms with van der Waals surface area (Å²) in [4.78, 5) is 2.59. The minimum atomic E-state index is -0.0403. The van der Waals surface area contributed by atoms with Crippen LogP contribution in [-0.2, 0) is 4.74 Å². The normalized spacial score (nSPS) is 25.8. The maximum atomic E-state index is 6.13. The number of likely N-dealkylation sites (N-methyl/N-ethyl adjacent to an activating group) is 1. The highest BCUT2D eigenvalue weighted by Gasteiger charge is 2.39. The zero-order chi connectivity index (χ0) is 13.1. The molecule has 0 bridgehead atoms. The second-order valence-electron chi connectivity index (χ2n) is 6.40. The molecule has 0 aromatic rings. The number of hydrogen-bond acceptors (Lipinski definition) is 3. The molecule has 17 heavy (non-hydrogen) atoms. The zero-order valence-corrected chi connectivity index (χ0v) is 12.5. The minimum absolute atomic E-state index is 0.0403. The van der Waals surface area contributed by atoms with Crippen molar-refractivity contribution in [2.75, 3.05) is 26.2 Å². The molecule has 1 atom stereocenters. The molecule has 0 spiro atoms. The number of ether oxygens (including phenoxy) is 1. The Morgan fingerprint density at radius 2 is 1.65 bits per heavy atom. The third kappa shape index (κ3) is 4.57. The van der Waals surface area contributed by atoms with E-state index in [2.05, 4.69) is 51.8 Å². The molecule has 1 N–H and O–H groups in total. The Kier molecular flexibility index (Phi) is 4.99. The number of hydrogen-bond donors (Lipinski definition) is 1. The van der Waals surface area contributed by atoms with E-state index in [-0.39, 0.29) is 11.2 Å². The summed E-state index contributed by atoms with van der Waals surface area (Å²) in [5.41, 5.74) is -0.0806. The van der Waals surface area contributed by atoms with Crippen molar-refractivity contribution in [3.63, 3.8) is 0 Å². The Labute approximate surface area is 107 Å². The second kappa shape index (κ2) is 5.68. The maximum Gasteiger partial charge on any atom is 0.0760 e. The first kappa shape index (κ1) is 14.9. The summed E-state index contributed by atoms with van der Waals surface area (Å²) >= 11 is 0. The van der Waals surface area contributed by atoms with Crippen molar-refractivity contribution in [1.29, 1.82) is 0 Å². The standard InChI is InChI=1S/C14H30N2O/c1-7-12(9-15-8-2)16-10-13(3,4)17-14(5,6)11-16/h12,15H,7-11H2,1-6H3. The Bertz CT molecular complexity index is 222. The van der Waals surface area contributed by atoms with Crippen LogP contribution in [0.15, 0.2) is 0 Å². The van der Waals surface area contributed by atoms with Gasteiger partial charge in [0.15, 0.2) is 0 Å². The van der Waals surface area contributed by atoms with E-state index in [0.717, 1.165) is 26.2 Å². The summed E-state index contributed by atoms with van der Waals surface area (Å²) < 4.78 is 6.13. The molecule has 1 fully saturated rings. The molecule has 1 unspecified atom stereocenters. The fourth-order valence-electron chi connectivity index (χ4n) is 2.95.